The molecule has 0 saturated carbocycles. The number of hydrogen-bond donors (Lipinski definition) is 1. The van der Waals surface area contributed by atoms with Crippen LogP contribution in [0.5, 0.6) is 0 Å². The highest BCUT2D eigenvalue weighted by Gasteiger charge is 2.95. The monoisotopic (exact) mass is 764 g/mol. The van der Waals surface area contributed by atoms with Crippen molar-refractivity contribution < 1.29 is 75.8 Å². The molecule has 1 unspecified atom stereocenters. The van der Waals surface area contributed by atoms with Crippen LogP contribution in [0.25, 0.3) is 0 Å². The Kier molecular flexibility index (Phi) is 10.5. The highest BCUT2D eigenvalue weighted by molar-refractivity contribution is 7.10. The molecule has 1 aromatic carbocycles. The molecule has 280 valence electrons. The summed E-state index contributed by atoms with van der Waals surface area (Å²) < 4.78 is 201. The van der Waals surface area contributed by atoms with Crippen LogP contribution in [0, 0.1) is 5.41 Å². The molecule has 4 rings (SSSR count). The van der Waals surface area contributed by atoms with E-state index in [1.165, 1.54) is 5.38 Å². The molecule has 50 heavy (non-hydrogen) atoms. The Bertz CT molecular complexity index is 1530. The Labute approximate surface area is 277 Å². The standard InChI is InChI=1S/C28H26F14N4O3S/c1-22(26(34,35)36,27(37,38)39)25(32,33)24(31,28(40,41)42)23(29,30)21(48)46-8-6-15(7-9-46)20-44-17(14-50-20)19(47)43-16-4-2-3-5-18(16)45-10-12-49-13-11-45/h2-5,14-15H,6-13H2,1H3,(H,43,47). The highest BCUT2D eigenvalue weighted by atomic mass is 32.1. The Morgan fingerprint density at radius 1 is 0.820 bits per heavy atom. The van der Waals surface area contributed by atoms with Crippen LogP contribution in [0.2, 0.25) is 0 Å². The second-order valence-electron chi connectivity index (χ2n) is 11.6. The first kappa shape index (κ1) is 39.4. The van der Waals surface area contributed by atoms with Gasteiger partial charge in [-0.15, -0.1) is 11.3 Å². The Hall–Kier alpha value is -3.43. The predicted octanol–water partition coefficient (Wildman–Crippen LogP) is 7.61. The minimum Gasteiger partial charge on any atom is -0.378 e. The van der Waals surface area contributed by atoms with E-state index in [4.69, 9.17) is 4.74 Å². The summed E-state index contributed by atoms with van der Waals surface area (Å²) in [5, 5.41) is 4.19. The molecule has 2 fully saturated rings. The van der Waals surface area contributed by atoms with Gasteiger partial charge in [-0.05, 0) is 31.9 Å². The SMILES string of the molecule is CC(C(F)(F)F)(C(F)(F)F)C(F)(F)C(F)(C(F)(F)F)C(F)(F)C(=O)N1CCC(c2nc(C(=O)Nc3ccccc3N3CCOCC3)cs2)CC1. The number of benzene rings is 1. The van der Waals surface area contributed by atoms with Crippen LogP contribution < -0.4 is 10.2 Å². The molecule has 0 radical (unpaired) electrons. The van der Waals surface area contributed by atoms with Gasteiger partial charge in [-0.25, -0.2) is 18.2 Å². The summed E-state index contributed by atoms with van der Waals surface area (Å²) in [5.74, 6) is -20.0. The van der Waals surface area contributed by atoms with Crippen molar-refractivity contribution in [1.29, 1.82) is 0 Å². The number of morpholine rings is 1. The lowest BCUT2D eigenvalue weighted by Crippen LogP contribution is -2.77. The number of carbonyl (C=O) groups excluding carboxylic acids is 2. The number of likely N-dealkylation sites (tertiary alicyclic amines) is 1. The number of piperidine rings is 1. The number of halogens is 14. The van der Waals surface area contributed by atoms with E-state index in [0.717, 1.165) is 11.3 Å². The molecule has 1 N–H and O–H groups in total. The molecule has 3 heterocycles. The molecule has 1 aromatic heterocycles. The van der Waals surface area contributed by atoms with E-state index in [2.05, 4.69) is 10.3 Å². The first-order valence-corrected chi connectivity index (χ1v) is 15.3. The summed E-state index contributed by atoms with van der Waals surface area (Å²) in [6, 6.07) is 6.81. The summed E-state index contributed by atoms with van der Waals surface area (Å²) in [6.45, 7) is -1.62. The van der Waals surface area contributed by atoms with Gasteiger partial charge in [-0.1, -0.05) is 12.1 Å². The third-order valence-electron chi connectivity index (χ3n) is 8.68. The zero-order chi connectivity index (χ0) is 37.7. The number of para-hydroxylation sites is 2. The van der Waals surface area contributed by atoms with Crippen LogP contribution in [-0.2, 0) is 9.53 Å². The lowest BCUT2D eigenvalue weighted by atomic mass is 9.70. The van der Waals surface area contributed by atoms with E-state index in [1.54, 1.807) is 24.3 Å². The molecule has 1 atom stereocenters. The Balaban J connectivity index is 1.51. The van der Waals surface area contributed by atoms with Crippen molar-refractivity contribution in [1.82, 2.24) is 9.88 Å². The number of aromatic nitrogens is 1. The number of ether oxygens (including phenoxy) is 1. The Morgan fingerprint density at radius 3 is 1.88 bits per heavy atom. The number of thiazole rings is 1. The molecular weight excluding hydrogens is 738 g/mol. The van der Waals surface area contributed by atoms with Crippen molar-refractivity contribution in [2.75, 3.05) is 49.6 Å². The molecule has 0 bridgehead atoms. The van der Waals surface area contributed by atoms with Gasteiger partial charge in [0.25, 0.3) is 11.8 Å². The smallest absolute Gasteiger partial charge is 0.378 e. The van der Waals surface area contributed by atoms with E-state index in [1.807, 2.05) is 4.90 Å². The van der Waals surface area contributed by atoms with Gasteiger partial charge >= 0.3 is 36.0 Å². The number of hydrogen-bond acceptors (Lipinski definition) is 6. The van der Waals surface area contributed by atoms with Crippen molar-refractivity contribution in [2.45, 2.75) is 61.7 Å². The van der Waals surface area contributed by atoms with Crippen LogP contribution in [0.15, 0.2) is 29.6 Å². The van der Waals surface area contributed by atoms with E-state index in [-0.39, 0.29) is 15.6 Å². The Morgan fingerprint density at radius 2 is 1.36 bits per heavy atom. The zero-order valence-electron chi connectivity index (χ0n) is 25.4. The first-order valence-electron chi connectivity index (χ1n) is 14.5. The average Bonchev–Trinajstić information content (AvgIpc) is 3.53. The van der Waals surface area contributed by atoms with Crippen molar-refractivity contribution in [3.63, 3.8) is 0 Å². The van der Waals surface area contributed by atoms with Gasteiger partial charge in [-0.3, -0.25) is 9.59 Å². The van der Waals surface area contributed by atoms with Crippen molar-refractivity contribution >= 4 is 34.5 Å². The van der Waals surface area contributed by atoms with Crippen LogP contribution >= 0.6 is 11.3 Å². The van der Waals surface area contributed by atoms with Gasteiger partial charge in [0.2, 0.25) is 5.41 Å². The fourth-order valence-corrected chi connectivity index (χ4v) is 6.49. The predicted molar refractivity (Wildman–Crippen MR) is 148 cm³/mol. The first-order chi connectivity index (χ1) is 22.8. The molecule has 7 nitrogen and oxygen atoms in total. The van der Waals surface area contributed by atoms with E-state index < -0.39 is 92.0 Å². The van der Waals surface area contributed by atoms with Crippen LogP contribution in [-0.4, -0.2) is 97.1 Å². The second kappa shape index (κ2) is 13.3. The lowest BCUT2D eigenvalue weighted by Gasteiger charge is -2.48. The van der Waals surface area contributed by atoms with E-state index in [9.17, 15) is 57.9 Å². The molecule has 2 saturated heterocycles. The molecule has 2 aromatic rings. The molecular formula is C28H26F14N4O3S. The van der Waals surface area contributed by atoms with Crippen LogP contribution in [0.1, 0.15) is 41.2 Å². The van der Waals surface area contributed by atoms with Gasteiger partial charge in [0.15, 0.2) is 0 Å². The highest BCUT2D eigenvalue weighted by Crippen LogP contribution is 2.67. The third-order valence-corrected chi connectivity index (χ3v) is 9.68. The fraction of sp³-hybridized carbons (Fsp3) is 0.607. The minimum absolute atomic E-state index is 0.112. The summed E-state index contributed by atoms with van der Waals surface area (Å²) in [4.78, 5) is 31.3. The van der Waals surface area contributed by atoms with Gasteiger partial charge in [0.1, 0.15) is 5.69 Å². The summed E-state index contributed by atoms with van der Waals surface area (Å²) in [5.41, 5.74) is -14.0. The van der Waals surface area contributed by atoms with Crippen molar-refractivity contribution in [3.8, 4) is 0 Å². The normalized spacial score (nSPS) is 18.9. The summed E-state index contributed by atoms with van der Waals surface area (Å²) in [7, 11) is 0. The number of anilines is 2. The van der Waals surface area contributed by atoms with Gasteiger partial charge in [0.05, 0.1) is 29.6 Å². The second-order valence-corrected chi connectivity index (χ2v) is 12.5. The van der Waals surface area contributed by atoms with E-state index in [0.29, 0.717) is 37.7 Å². The molecule has 22 heteroatoms. The number of nitrogens with one attached hydrogen (secondary N) is 1. The number of carbonyl (C=O) groups is 2. The van der Waals surface area contributed by atoms with Gasteiger partial charge in [0, 0.05) is 37.5 Å². The summed E-state index contributed by atoms with van der Waals surface area (Å²) in [6.07, 6.45) is -23.6. The van der Waals surface area contributed by atoms with E-state index >= 15 is 13.2 Å². The number of amides is 2. The maximum atomic E-state index is 15.2. The van der Waals surface area contributed by atoms with Crippen LogP contribution in [0.4, 0.5) is 72.8 Å². The quantitative estimate of drug-likeness (QED) is 0.281. The minimum atomic E-state index is -8.02. The topological polar surface area (TPSA) is 74.8 Å². The van der Waals surface area contributed by atoms with Gasteiger partial charge in [-0.2, -0.15) is 48.3 Å². The number of nitrogens with zero attached hydrogens (tertiary/aromatic N) is 3. The molecule has 2 amide bonds. The molecule has 2 aliphatic heterocycles. The maximum Gasteiger partial charge on any atom is 0.435 e. The third kappa shape index (κ3) is 6.45. The fourth-order valence-electron chi connectivity index (χ4n) is 5.51. The van der Waals surface area contributed by atoms with Crippen LogP contribution in [0.3, 0.4) is 0 Å². The van der Waals surface area contributed by atoms with Crippen molar-refractivity contribution in [3.05, 3.63) is 40.3 Å². The van der Waals surface area contributed by atoms with Gasteiger partial charge < -0.3 is 19.9 Å². The largest absolute Gasteiger partial charge is 0.435 e. The molecule has 2 aliphatic rings. The number of alkyl halides is 14. The summed E-state index contributed by atoms with van der Waals surface area (Å²) >= 11 is 0.889. The molecule has 0 spiro atoms. The number of rotatable bonds is 8. The maximum absolute atomic E-state index is 15.2. The zero-order valence-corrected chi connectivity index (χ0v) is 26.2. The lowest BCUT2D eigenvalue weighted by molar-refractivity contribution is -0.452. The van der Waals surface area contributed by atoms with Crippen molar-refractivity contribution in [2.24, 2.45) is 5.41 Å². The molecule has 0 aliphatic carbocycles. The average molecular weight is 765 g/mol.